The first-order valence-electron chi connectivity index (χ1n) is 5.09. The second-order valence-corrected chi connectivity index (χ2v) is 3.81. The first-order chi connectivity index (χ1) is 7.50. The van der Waals surface area contributed by atoms with Gasteiger partial charge in [-0.25, -0.2) is 0 Å². The molecule has 0 unspecified atom stereocenters. The van der Waals surface area contributed by atoms with Crippen molar-refractivity contribution < 1.29 is 4.79 Å². The van der Waals surface area contributed by atoms with Crippen LogP contribution in [0.1, 0.15) is 6.42 Å². The molecule has 5 N–H and O–H groups in total. The molecular formula is C11H18N4O. The number of hydrogen-bond donors (Lipinski definition) is 3. The smallest absolute Gasteiger partial charge is 0.223 e. The van der Waals surface area contributed by atoms with Crippen LogP contribution in [-0.4, -0.2) is 31.4 Å². The maximum Gasteiger partial charge on any atom is 0.223 e. The van der Waals surface area contributed by atoms with Crippen molar-refractivity contribution in [3.63, 3.8) is 0 Å². The molecule has 1 aromatic rings. The van der Waals surface area contributed by atoms with E-state index >= 15 is 0 Å². The summed E-state index contributed by atoms with van der Waals surface area (Å²) in [5.74, 6) is 0.0934. The Hall–Kier alpha value is -1.91. The van der Waals surface area contributed by atoms with E-state index in [-0.39, 0.29) is 5.91 Å². The third-order valence-corrected chi connectivity index (χ3v) is 2.25. The predicted molar refractivity (Wildman–Crippen MR) is 67.1 cm³/mol. The molecule has 0 saturated heterocycles. The summed E-state index contributed by atoms with van der Waals surface area (Å²) in [4.78, 5) is 12.9. The molecule has 88 valence electrons. The minimum atomic E-state index is 0.0934. The van der Waals surface area contributed by atoms with Gasteiger partial charge >= 0.3 is 0 Å². The van der Waals surface area contributed by atoms with Crippen LogP contribution in [0.3, 0.4) is 0 Å². The van der Waals surface area contributed by atoms with Crippen molar-refractivity contribution in [3.8, 4) is 0 Å². The molecule has 16 heavy (non-hydrogen) atoms. The molecule has 0 atom stereocenters. The van der Waals surface area contributed by atoms with E-state index in [1.807, 2.05) is 6.07 Å². The van der Waals surface area contributed by atoms with E-state index in [1.54, 1.807) is 31.1 Å². The van der Waals surface area contributed by atoms with Gasteiger partial charge < -0.3 is 21.7 Å². The Morgan fingerprint density at radius 1 is 1.31 bits per heavy atom. The Morgan fingerprint density at radius 3 is 2.56 bits per heavy atom. The average molecular weight is 222 g/mol. The van der Waals surface area contributed by atoms with Crippen molar-refractivity contribution >= 4 is 23.0 Å². The monoisotopic (exact) mass is 222 g/mol. The number of nitrogens with zero attached hydrogens (tertiary/aromatic N) is 1. The molecule has 0 radical (unpaired) electrons. The zero-order valence-corrected chi connectivity index (χ0v) is 9.66. The number of nitrogen functional groups attached to an aromatic ring is 2. The van der Waals surface area contributed by atoms with E-state index in [4.69, 9.17) is 11.5 Å². The van der Waals surface area contributed by atoms with Gasteiger partial charge in [0, 0.05) is 32.7 Å². The standard InChI is InChI=1S/C11H18N4O/c1-15(2)11(16)5-6-14-8-3-4-9(12)10(13)7-8/h3-4,7,14H,5-6,12-13H2,1-2H3. The van der Waals surface area contributed by atoms with Gasteiger partial charge in [-0.15, -0.1) is 0 Å². The van der Waals surface area contributed by atoms with Crippen molar-refractivity contribution in [1.82, 2.24) is 4.90 Å². The first kappa shape index (κ1) is 12.2. The largest absolute Gasteiger partial charge is 0.397 e. The summed E-state index contributed by atoms with van der Waals surface area (Å²) >= 11 is 0. The molecule has 0 heterocycles. The zero-order valence-electron chi connectivity index (χ0n) is 9.66. The summed E-state index contributed by atoms with van der Waals surface area (Å²) in [6, 6.07) is 5.34. The Bertz CT molecular complexity index is 376. The van der Waals surface area contributed by atoms with Crippen LogP contribution in [0.2, 0.25) is 0 Å². The van der Waals surface area contributed by atoms with Gasteiger partial charge in [-0.3, -0.25) is 4.79 Å². The van der Waals surface area contributed by atoms with Gasteiger partial charge in [-0.05, 0) is 18.2 Å². The molecule has 5 nitrogen and oxygen atoms in total. The van der Waals surface area contributed by atoms with E-state index in [0.717, 1.165) is 5.69 Å². The number of carbonyl (C=O) groups is 1. The molecule has 0 bridgehead atoms. The van der Waals surface area contributed by atoms with Gasteiger partial charge in [0.2, 0.25) is 5.91 Å². The van der Waals surface area contributed by atoms with Crippen LogP contribution in [-0.2, 0) is 4.79 Å². The summed E-state index contributed by atoms with van der Waals surface area (Å²) in [6.45, 7) is 0.584. The molecular weight excluding hydrogens is 204 g/mol. The fraction of sp³-hybridized carbons (Fsp3) is 0.364. The average Bonchev–Trinajstić information content (AvgIpc) is 2.23. The van der Waals surface area contributed by atoms with Crippen LogP contribution in [0.15, 0.2) is 18.2 Å². The highest BCUT2D eigenvalue weighted by Crippen LogP contribution is 2.19. The summed E-state index contributed by atoms with van der Waals surface area (Å²) < 4.78 is 0. The van der Waals surface area contributed by atoms with Crippen molar-refractivity contribution in [2.45, 2.75) is 6.42 Å². The lowest BCUT2D eigenvalue weighted by Crippen LogP contribution is -2.23. The number of rotatable bonds is 4. The molecule has 1 rings (SSSR count). The third kappa shape index (κ3) is 3.34. The predicted octanol–water partition coefficient (Wildman–Crippen LogP) is 0.741. The number of hydrogen-bond acceptors (Lipinski definition) is 4. The summed E-state index contributed by atoms with van der Waals surface area (Å²) in [5.41, 5.74) is 13.2. The zero-order chi connectivity index (χ0) is 12.1. The second-order valence-electron chi connectivity index (χ2n) is 3.81. The normalized spacial score (nSPS) is 9.88. The minimum absolute atomic E-state index is 0.0934. The molecule has 0 aliphatic carbocycles. The Kier molecular flexibility index (Phi) is 3.99. The summed E-state index contributed by atoms with van der Waals surface area (Å²) in [5, 5.41) is 3.12. The Morgan fingerprint density at radius 2 is 2.00 bits per heavy atom. The second kappa shape index (κ2) is 5.25. The summed E-state index contributed by atoms with van der Waals surface area (Å²) in [7, 11) is 3.48. The van der Waals surface area contributed by atoms with Gasteiger partial charge in [-0.2, -0.15) is 0 Å². The van der Waals surface area contributed by atoms with E-state index < -0.39 is 0 Å². The van der Waals surface area contributed by atoms with Gasteiger partial charge in [0.1, 0.15) is 0 Å². The van der Waals surface area contributed by atoms with Crippen LogP contribution >= 0.6 is 0 Å². The van der Waals surface area contributed by atoms with Crippen LogP contribution in [0.4, 0.5) is 17.1 Å². The lowest BCUT2D eigenvalue weighted by molar-refractivity contribution is -0.128. The van der Waals surface area contributed by atoms with E-state index in [0.29, 0.717) is 24.3 Å². The lowest BCUT2D eigenvalue weighted by Gasteiger charge is -2.11. The van der Waals surface area contributed by atoms with Gasteiger partial charge in [0.05, 0.1) is 11.4 Å². The number of anilines is 3. The van der Waals surface area contributed by atoms with Crippen LogP contribution in [0, 0.1) is 0 Å². The lowest BCUT2D eigenvalue weighted by atomic mass is 10.2. The molecule has 5 heteroatoms. The van der Waals surface area contributed by atoms with Crippen molar-refractivity contribution in [2.75, 3.05) is 37.4 Å². The maximum atomic E-state index is 11.3. The van der Waals surface area contributed by atoms with Crippen molar-refractivity contribution in [1.29, 1.82) is 0 Å². The molecule has 0 saturated carbocycles. The van der Waals surface area contributed by atoms with E-state index in [1.165, 1.54) is 0 Å². The SMILES string of the molecule is CN(C)C(=O)CCNc1ccc(N)c(N)c1. The molecule has 0 spiro atoms. The quantitative estimate of drug-likeness (QED) is 0.656. The van der Waals surface area contributed by atoms with E-state index in [2.05, 4.69) is 5.32 Å². The first-order valence-corrected chi connectivity index (χ1v) is 5.09. The molecule has 0 aliphatic heterocycles. The maximum absolute atomic E-state index is 11.3. The highest BCUT2D eigenvalue weighted by atomic mass is 16.2. The van der Waals surface area contributed by atoms with Gasteiger partial charge in [-0.1, -0.05) is 0 Å². The topological polar surface area (TPSA) is 84.4 Å². The number of benzene rings is 1. The number of carbonyl (C=O) groups excluding carboxylic acids is 1. The van der Waals surface area contributed by atoms with Crippen LogP contribution < -0.4 is 16.8 Å². The number of nitrogens with two attached hydrogens (primary N) is 2. The van der Waals surface area contributed by atoms with Crippen LogP contribution in [0.5, 0.6) is 0 Å². The number of amides is 1. The van der Waals surface area contributed by atoms with Crippen molar-refractivity contribution in [3.05, 3.63) is 18.2 Å². The highest BCUT2D eigenvalue weighted by Gasteiger charge is 2.03. The van der Waals surface area contributed by atoms with Gasteiger partial charge in [0.15, 0.2) is 0 Å². The third-order valence-electron chi connectivity index (χ3n) is 2.25. The number of nitrogens with one attached hydrogen (secondary N) is 1. The van der Waals surface area contributed by atoms with E-state index in [9.17, 15) is 4.79 Å². The Labute approximate surface area is 95.4 Å². The molecule has 1 aromatic carbocycles. The van der Waals surface area contributed by atoms with Gasteiger partial charge in [0.25, 0.3) is 0 Å². The summed E-state index contributed by atoms with van der Waals surface area (Å²) in [6.07, 6.45) is 0.456. The Balaban J connectivity index is 2.43. The molecule has 0 aliphatic rings. The minimum Gasteiger partial charge on any atom is -0.397 e. The molecule has 0 aromatic heterocycles. The fourth-order valence-corrected chi connectivity index (χ4v) is 1.22. The van der Waals surface area contributed by atoms with Crippen LogP contribution in [0.25, 0.3) is 0 Å². The van der Waals surface area contributed by atoms with Crippen molar-refractivity contribution in [2.24, 2.45) is 0 Å². The highest BCUT2D eigenvalue weighted by molar-refractivity contribution is 5.76. The molecule has 0 fully saturated rings. The molecule has 1 amide bonds. The fourth-order valence-electron chi connectivity index (χ4n) is 1.22.